The van der Waals surface area contributed by atoms with Gasteiger partial charge in [-0.15, -0.1) is 0 Å². The average molecular weight is 399 g/mol. The number of rotatable bonds is 4. The Balaban J connectivity index is 1.70. The molecule has 2 aliphatic heterocycles. The van der Waals surface area contributed by atoms with Crippen LogP contribution in [-0.2, 0) is 14.4 Å². The smallest absolute Gasteiger partial charge is 0.270 e. The minimum atomic E-state index is -0.129. The summed E-state index contributed by atoms with van der Waals surface area (Å²) in [5, 5.41) is 8.76. The second-order valence-electron chi connectivity index (χ2n) is 8.27. The van der Waals surface area contributed by atoms with Gasteiger partial charge in [-0.3, -0.25) is 14.4 Å². The van der Waals surface area contributed by atoms with Crippen LogP contribution in [0.4, 0.5) is 5.69 Å². The molecule has 0 radical (unpaired) electrons. The van der Waals surface area contributed by atoms with E-state index in [0.29, 0.717) is 38.1 Å². The van der Waals surface area contributed by atoms with Crippen LogP contribution in [0.5, 0.6) is 0 Å². The molecule has 0 unspecified atom stereocenters. The molecule has 0 aliphatic carbocycles. The molecule has 1 aromatic carbocycles. The summed E-state index contributed by atoms with van der Waals surface area (Å²) >= 11 is 0. The summed E-state index contributed by atoms with van der Waals surface area (Å²) in [6, 6.07) is 5.98. The monoisotopic (exact) mass is 398 g/mol. The summed E-state index contributed by atoms with van der Waals surface area (Å²) in [5.74, 6) is -0.216. The van der Waals surface area contributed by atoms with Crippen molar-refractivity contribution in [2.75, 3.05) is 18.1 Å². The lowest BCUT2D eigenvalue weighted by Gasteiger charge is -2.33. The second-order valence-corrected chi connectivity index (χ2v) is 8.27. The molecule has 3 rings (SSSR count). The molecule has 1 fully saturated rings. The average Bonchev–Trinajstić information content (AvgIpc) is 2.69. The lowest BCUT2D eigenvalue weighted by Crippen LogP contribution is -2.47. The molecule has 29 heavy (non-hydrogen) atoms. The van der Waals surface area contributed by atoms with Gasteiger partial charge in [-0.05, 0) is 57.7 Å². The molecular formula is C22H30N4O3. The second kappa shape index (κ2) is 8.76. The number of hydrogen-bond acceptors (Lipinski definition) is 4. The van der Waals surface area contributed by atoms with E-state index in [4.69, 9.17) is 0 Å². The largest absolute Gasteiger partial charge is 0.354 e. The molecule has 1 N–H and O–H groups in total. The van der Waals surface area contributed by atoms with Crippen LogP contribution in [0, 0.1) is 19.8 Å². The van der Waals surface area contributed by atoms with Crippen LogP contribution in [0.3, 0.4) is 0 Å². The van der Waals surface area contributed by atoms with Crippen molar-refractivity contribution in [3.63, 3.8) is 0 Å². The summed E-state index contributed by atoms with van der Waals surface area (Å²) in [6.07, 6.45) is 1.92. The van der Waals surface area contributed by atoms with Crippen molar-refractivity contribution < 1.29 is 14.4 Å². The Bertz CT molecular complexity index is 838. The summed E-state index contributed by atoms with van der Waals surface area (Å²) in [4.78, 5) is 39.4. The summed E-state index contributed by atoms with van der Waals surface area (Å²) < 4.78 is 0. The lowest BCUT2D eigenvalue weighted by molar-refractivity contribution is -0.131. The molecule has 156 valence electrons. The van der Waals surface area contributed by atoms with Crippen molar-refractivity contribution in [1.82, 2.24) is 10.2 Å². The third-order valence-electron chi connectivity index (χ3n) is 5.46. The van der Waals surface area contributed by atoms with Crippen molar-refractivity contribution in [2.45, 2.75) is 59.4 Å². The number of benzene rings is 1. The highest BCUT2D eigenvalue weighted by Crippen LogP contribution is 2.26. The first-order valence-electron chi connectivity index (χ1n) is 10.3. The number of nitrogens with zero attached hydrogens (tertiary/aromatic N) is 3. The van der Waals surface area contributed by atoms with E-state index in [1.807, 2.05) is 45.9 Å². The van der Waals surface area contributed by atoms with Gasteiger partial charge in [-0.1, -0.05) is 12.1 Å². The number of anilines is 1. The maximum Gasteiger partial charge on any atom is 0.270 e. The molecular weight excluding hydrogens is 368 g/mol. The molecule has 1 aromatic rings. The Labute approximate surface area is 172 Å². The van der Waals surface area contributed by atoms with Gasteiger partial charge in [0.15, 0.2) is 0 Å². The van der Waals surface area contributed by atoms with Gasteiger partial charge in [0.1, 0.15) is 5.71 Å². The zero-order valence-corrected chi connectivity index (χ0v) is 17.7. The Morgan fingerprint density at radius 2 is 1.83 bits per heavy atom. The van der Waals surface area contributed by atoms with Gasteiger partial charge in [0, 0.05) is 37.9 Å². The van der Waals surface area contributed by atoms with Crippen molar-refractivity contribution in [3.8, 4) is 0 Å². The summed E-state index contributed by atoms with van der Waals surface area (Å²) in [7, 11) is 0. The van der Waals surface area contributed by atoms with E-state index in [-0.39, 0.29) is 36.1 Å². The van der Waals surface area contributed by atoms with E-state index < -0.39 is 0 Å². The minimum Gasteiger partial charge on any atom is -0.354 e. The van der Waals surface area contributed by atoms with Crippen LogP contribution >= 0.6 is 0 Å². The number of carbonyl (C=O) groups is 3. The predicted molar refractivity (Wildman–Crippen MR) is 113 cm³/mol. The fourth-order valence-corrected chi connectivity index (χ4v) is 3.77. The van der Waals surface area contributed by atoms with Crippen molar-refractivity contribution >= 4 is 29.1 Å². The van der Waals surface area contributed by atoms with Crippen LogP contribution in [-0.4, -0.2) is 47.5 Å². The molecule has 7 heteroatoms. The van der Waals surface area contributed by atoms with Gasteiger partial charge in [0.2, 0.25) is 11.8 Å². The number of likely N-dealkylation sites (tertiary alicyclic amines) is 1. The van der Waals surface area contributed by atoms with Crippen molar-refractivity contribution in [3.05, 3.63) is 29.3 Å². The van der Waals surface area contributed by atoms with E-state index in [1.54, 1.807) is 4.90 Å². The number of aryl methyl sites for hydroxylation is 2. The highest BCUT2D eigenvalue weighted by molar-refractivity contribution is 6.40. The number of hydrazone groups is 1. The molecule has 7 nitrogen and oxygen atoms in total. The molecule has 0 aromatic heterocycles. The molecule has 0 bridgehead atoms. The topological polar surface area (TPSA) is 82.1 Å². The fraction of sp³-hybridized carbons (Fsp3) is 0.545. The zero-order valence-electron chi connectivity index (χ0n) is 17.7. The van der Waals surface area contributed by atoms with Crippen LogP contribution in [0.2, 0.25) is 0 Å². The van der Waals surface area contributed by atoms with E-state index in [9.17, 15) is 14.4 Å². The van der Waals surface area contributed by atoms with Gasteiger partial charge in [0.25, 0.3) is 5.91 Å². The highest BCUT2D eigenvalue weighted by Gasteiger charge is 2.32. The summed E-state index contributed by atoms with van der Waals surface area (Å²) in [6.45, 7) is 8.85. The number of amides is 3. The Kier molecular flexibility index (Phi) is 6.35. The molecule has 2 aliphatic rings. The van der Waals surface area contributed by atoms with Crippen LogP contribution in [0.15, 0.2) is 23.3 Å². The third kappa shape index (κ3) is 4.83. The molecule has 3 amide bonds. The molecule has 0 saturated carbocycles. The first-order valence-corrected chi connectivity index (χ1v) is 10.3. The number of nitrogens with one attached hydrogen (secondary N) is 1. The Hall–Kier alpha value is -2.70. The molecule has 0 atom stereocenters. The van der Waals surface area contributed by atoms with Gasteiger partial charge in [-0.2, -0.15) is 5.10 Å². The maximum absolute atomic E-state index is 13.0. The standard InChI is InChI=1S/C22H30N4O3/c1-14(2)23-21(28)17-9-11-25(12-10-17)22(29)18-7-8-20(27)26(24-18)19-13-15(3)5-6-16(19)4/h5-6,13-14,17H,7-12H2,1-4H3,(H,23,28). The van der Waals surface area contributed by atoms with Crippen LogP contribution < -0.4 is 10.3 Å². The summed E-state index contributed by atoms with van der Waals surface area (Å²) in [5.41, 5.74) is 3.12. The molecule has 1 saturated heterocycles. The van der Waals surface area contributed by atoms with Gasteiger partial charge in [-0.25, -0.2) is 5.01 Å². The highest BCUT2D eigenvalue weighted by atomic mass is 16.2. The van der Waals surface area contributed by atoms with Crippen molar-refractivity contribution in [2.24, 2.45) is 11.0 Å². The SMILES string of the molecule is Cc1ccc(C)c(N2N=C(C(=O)N3CCC(C(=O)NC(C)C)CC3)CCC2=O)c1. The van der Waals surface area contributed by atoms with E-state index in [0.717, 1.165) is 16.8 Å². The van der Waals surface area contributed by atoms with Gasteiger partial charge in [0.05, 0.1) is 5.69 Å². The van der Waals surface area contributed by atoms with Gasteiger partial charge < -0.3 is 10.2 Å². The molecule has 2 heterocycles. The van der Waals surface area contributed by atoms with Gasteiger partial charge >= 0.3 is 0 Å². The van der Waals surface area contributed by atoms with E-state index >= 15 is 0 Å². The zero-order chi connectivity index (χ0) is 21.1. The number of carbonyl (C=O) groups excluding carboxylic acids is 3. The minimum absolute atomic E-state index is 0.0530. The van der Waals surface area contributed by atoms with E-state index in [1.165, 1.54) is 5.01 Å². The van der Waals surface area contributed by atoms with Crippen molar-refractivity contribution in [1.29, 1.82) is 0 Å². The Morgan fingerprint density at radius 3 is 2.48 bits per heavy atom. The Morgan fingerprint density at radius 1 is 1.14 bits per heavy atom. The normalized spacial score (nSPS) is 18.1. The number of piperidine rings is 1. The fourth-order valence-electron chi connectivity index (χ4n) is 3.77. The number of hydrogen-bond donors (Lipinski definition) is 1. The molecule has 0 spiro atoms. The first kappa shape index (κ1) is 21.0. The van der Waals surface area contributed by atoms with E-state index in [2.05, 4.69) is 10.4 Å². The van der Waals surface area contributed by atoms with Crippen LogP contribution in [0.25, 0.3) is 0 Å². The maximum atomic E-state index is 13.0. The third-order valence-corrected chi connectivity index (χ3v) is 5.46. The lowest BCUT2D eigenvalue weighted by atomic mass is 9.95. The predicted octanol–water partition coefficient (Wildman–Crippen LogP) is 2.55. The first-order chi connectivity index (χ1) is 13.8. The quantitative estimate of drug-likeness (QED) is 0.846. The van der Waals surface area contributed by atoms with Crippen LogP contribution in [0.1, 0.15) is 50.7 Å².